The lowest BCUT2D eigenvalue weighted by Crippen LogP contribution is -2.32. The molecule has 0 saturated heterocycles. The molecular weight excluding hydrogens is 431 g/mol. The zero-order valence-corrected chi connectivity index (χ0v) is 18.9. The van der Waals surface area contributed by atoms with Gasteiger partial charge in [0.25, 0.3) is 5.91 Å². The first-order chi connectivity index (χ1) is 14.9. The molecule has 0 heterocycles. The van der Waals surface area contributed by atoms with Crippen LogP contribution in [0.15, 0.2) is 48.5 Å². The van der Waals surface area contributed by atoms with Gasteiger partial charge in [-0.15, -0.1) is 0 Å². The number of benzene rings is 3. The van der Waals surface area contributed by atoms with Crippen molar-refractivity contribution in [2.45, 2.75) is 25.7 Å². The van der Waals surface area contributed by atoms with Gasteiger partial charge in [-0.3, -0.25) is 4.79 Å². The molecule has 0 saturated carbocycles. The Morgan fingerprint density at radius 3 is 2.55 bits per heavy atom. The van der Waals surface area contributed by atoms with Crippen LogP contribution in [0.1, 0.15) is 46.3 Å². The highest BCUT2D eigenvalue weighted by molar-refractivity contribution is 6.42. The Bertz CT molecular complexity index is 1180. The zero-order chi connectivity index (χ0) is 22.5. The van der Waals surface area contributed by atoms with Crippen LogP contribution in [0.2, 0.25) is 10.0 Å². The van der Waals surface area contributed by atoms with E-state index in [2.05, 4.69) is 6.07 Å². The summed E-state index contributed by atoms with van der Waals surface area (Å²) in [5.41, 5.74) is 2.62. The standard InChI is InChI=1S/C25H22Cl2N2O2/c1-3-20-19(14-28)12-17-6-4-5-7-21(17)24(20)25(31)29(2)15-18(10-11-30)16-8-9-22(26)23(27)13-16/h4-9,11-13,18H,3,10,15H2,1-2H3. The zero-order valence-electron chi connectivity index (χ0n) is 17.4. The van der Waals surface area contributed by atoms with Crippen molar-refractivity contribution in [2.75, 3.05) is 13.6 Å². The first kappa shape index (κ1) is 22.8. The fourth-order valence-corrected chi connectivity index (χ4v) is 4.21. The van der Waals surface area contributed by atoms with Crippen molar-refractivity contribution >= 4 is 46.2 Å². The van der Waals surface area contributed by atoms with Gasteiger partial charge in [0.2, 0.25) is 0 Å². The number of amides is 1. The number of nitriles is 1. The molecule has 0 aliphatic rings. The molecule has 3 aromatic carbocycles. The molecule has 0 aromatic heterocycles. The van der Waals surface area contributed by atoms with E-state index < -0.39 is 0 Å². The van der Waals surface area contributed by atoms with Crippen LogP contribution in [0, 0.1) is 11.3 Å². The average molecular weight is 453 g/mol. The van der Waals surface area contributed by atoms with E-state index in [1.807, 2.05) is 43.3 Å². The molecule has 0 radical (unpaired) electrons. The van der Waals surface area contributed by atoms with Crippen LogP contribution in [0.5, 0.6) is 0 Å². The van der Waals surface area contributed by atoms with Crippen LogP contribution < -0.4 is 0 Å². The number of fused-ring (bicyclic) bond motifs is 1. The van der Waals surface area contributed by atoms with Crippen molar-refractivity contribution in [1.29, 1.82) is 5.26 Å². The number of halogens is 2. The first-order valence-electron chi connectivity index (χ1n) is 10.00. The van der Waals surface area contributed by atoms with E-state index in [9.17, 15) is 14.9 Å². The van der Waals surface area contributed by atoms with Crippen molar-refractivity contribution in [3.05, 3.63) is 80.8 Å². The van der Waals surface area contributed by atoms with Crippen molar-refractivity contribution in [3.8, 4) is 6.07 Å². The Hall–Kier alpha value is -2.87. The topological polar surface area (TPSA) is 61.2 Å². The molecule has 3 rings (SSSR count). The molecule has 3 aromatic rings. The summed E-state index contributed by atoms with van der Waals surface area (Å²) in [5, 5.41) is 12.1. The minimum absolute atomic E-state index is 0.180. The molecule has 31 heavy (non-hydrogen) atoms. The maximum Gasteiger partial charge on any atom is 0.254 e. The fourth-order valence-electron chi connectivity index (χ4n) is 3.90. The second-order valence-electron chi connectivity index (χ2n) is 7.42. The van der Waals surface area contributed by atoms with E-state index in [1.165, 1.54) is 0 Å². The van der Waals surface area contributed by atoms with E-state index in [4.69, 9.17) is 23.2 Å². The van der Waals surface area contributed by atoms with E-state index in [0.717, 1.165) is 28.2 Å². The van der Waals surface area contributed by atoms with Gasteiger partial charge in [-0.25, -0.2) is 0 Å². The van der Waals surface area contributed by atoms with Crippen molar-refractivity contribution in [3.63, 3.8) is 0 Å². The molecule has 0 N–H and O–H groups in total. The molecule has 1 atom stereocenters. The van der Waals surface area contributed by atoms with Crippen molar-refractivity contribution in [2.24, 2.45) is 0 Å². The number of hydrogen-bond acceptors (Lipinski definition) is 3. The van der Waals surface area contributed by atoms with Crippen LogP contribution in [0.4, 0.5) is 0 Å². The monoisotopic (exact) mass is 452 g/mol. The molecule has 0 bridgehead atoms. The maximum absolute atomic E-state index is 13.6. The van der Waals surface area contributed by atoms with Crippen LogP contribution in [0.3, 0.4) is 0 Å². The second kappa shape index (κ2) is 9.96. The van der Waals surface area contributed by atoms with Crippen LogP contribution in [-0.4, -0.2) is 30.7 Å². The number of likely N-dealkylation sites (N-methyl/N-ethyl adjacent to an activating group) is 1. The summed E-state index contributed by atoms with van der Waals surface area (Å²) in [6.07, 6.45) is 1.65. The largest absolute Gasteiger partial charge is 0.341 e. The van der Waals surface area contributed by atoms with E-state index in [-0.39, 0.29) is 18.2 Å². The lowest BCUT2D eigenvalue weighted by molar-refractivity contribution is -0.108. The Labute approximate surface area is 192 Å². The summed E-state index contributed by atoms with van der Waals surface area (Å²) in [5.74, 6) is -0.405. The molecule has 0 spiro atoms. The van der Waals surface area contributed by atoms with Gasteiger partial charge in [0, 0.05) is 25.9 Å². The third kappa shape index (κ3) is 4.74. The normalized spacial score (nSPS) is 11.7. The highest BCUT2D eigenvalue weighted by Gasteiger charge is 2.24. The van der Waals surface area contributed by atoms with E-state index >= 15 is 0 Å². The highest BCUT2D eigenvalue weighted by atomic mass is 35.5. The molecule has 158 valence electrons. The van der Waals surface area contributed by atoms with Crippen LogP contribution in [0.25, 0.3) is 10.8 Å². The lowest BCUT2D eigenvalue weighted by Gasteiger charge is -2.25. The number of carbonyl (C=O) groups excluding carboxylic acids is 2. The molecule has 6 heteroatoms. The summed E-state index contributed by atoms with van der Waals surface area (Å²) < 4.78 is 0. The van der Waals surface area contributed by atoms with Crippen molar-refractivity contribution in [1.82, 2.24) is 4.90 Å². The summed E-state index contributed by atoms with van der Waals surface area (Å²) >= 11 is 12.2. The first-order valence-corrected chi connectivity index (χ1v) is 10.8. The minimum atomic E-state index is -0.225. The molecule has 0 aliphatic heterocycles. The van der Waals surface area contributed by atoms with Gasteiger partial charge in [-0.05, 0) is 46.5 Å². The predicted molar refractivity (Wildman–Crippen MR) is 125 cm³/mol. The Morgan fingerprint density at radius 1 is 1.16 bits per heavy atom. The fraction of sp³-hybridized carbons (Fsp3) is 0.240. The van der Waals surface area contributed by atoms with Gasteiger partial charge in [0.15, 0.2) is 0 Å². The summed E-state index contributed by atoms with van der Waals surface area (Å²) in [7, 11) is 1.71. The Morgan fingerprint density at radius 2 is 1.90 bits per heavy atom. The Kier molecular flexibility index (Phi) is 7.33. The molecule has 0 fully saturated rings. The highest BCUT2D eigenvalue weighted by Crippen LogP contribution is 2.31. The summed E-state index contributed by atoms with van der Waals surface area (Å²) in [6.45, 7) is 2.26. The van der Waals surface area contributed by atoms with Gasteiger partial charge in [-0.1, -0.05) is 60.5 Å². The average Bonchev–Trinajstić information content (AvgIpc) is 2.78. The minimum Gasteiger partial charge on any atom is -0.341 e. The quantitative estimate of drug-likeness (QED) is 0.411. The van der Waals surface area contributed by atoms with E-state index in [0.29, 0.717) is 34.1 Å². The third-order valence-corrected chi connectivity index (χ3v) is 6.22. The molecule has 1 unspecified atom stereocenters. The SMILES string of the molecule is CCc1c(C#N)cc2ccccc2c1C(=O)N(C)CC(CC=O)c1ccc(Cl)c(Cl)c1. The van der Waals surface area contributed by atoms with E-state index in [1.54, 1.807) is 24.1 Å². The van der Waals surface area contributed by atoms with Gasteiger partial charge < -0.3 is 9.69 Å². The third-order valence-electron chi connectivity index (χ3n) is 5.48. The molecule has 1 amide bonds. The second-order valence-corrected chi connectivity index (χ2v) is 8.24. The number of hydrogen-bond donors (Lipinski definition) is 0. The van der Waals surface area contributed by atoms with Gasteiger partial charge >= 0.3 is 0 Å². The van der Waals surface area contributed by atoms with Gasteiger partial charge in [0.1, 0.15) is 6.29 Å². The number of aldehydes is 1. The molecule has 0 aliphatic carbocycles. The number of nitrogens with zero attached hydrogens (tertiary/aromatic N) is 2. The number of rotatable bonds is 7. The predicted octanol–water partition coefficient (Wildman–Crippen LogP) is 6.03. The van der Waals surface area contributed by atoms with Gasteiger partial charge in [-0.2, -0.15) is 5.26 Å². The summed E-state index contributed by atoms with van der Waals surface area (Å²) in [6, 6.07) is 16.9. The molecular formula is C25H22Cl2N2O2. The lowest BCUT2D eigenvalue weighted by atomic mass is 9.91. The Balaban J connectivity index is 2.02. The maximum atomic E-state index is 13.6. The van der Waals surface area contributed by atoms with Crippen LogP contribution >= 0.6 is 23.2 Å². The van der Waals surface area contributed by atoms with Crippen molar-refractivity contribution < 1.29 is 9.59 Å². The smallest absolute Gasteiger partial charge is 0.254 e. The summed E-state index contributed by atoms with van der Waals surface area (Å²) in [4.78, 5) is 26.5. The van der Waals surface area contributed by atoms with Crippen LogP contribution in [-0.2, 0) is 11.2 Å². The molecule has 4 nitrogen and oxygen atoms in total. The number of carbonyl (C=O) groups is 2. The van der Waals surface area contributed by atoms with Gasteiger partial charge in [0.05, 0.1) is 27.2 Å².